The molecule has 0 fully saturated rings. The molecule has 0 heterocycles. The van der Waals surface area contributed by atoms with Crippen molar-refractivity contribution in [2.45, 2.75) is 19.5 Å². The molecule has 0 bridgehead atoms. The second-order valence-electron chi connectivity index (χ2n) is 4.80. The number of ether oxygens (including phenoxy) is 1. The van der Waals surface area contributed by atoms with Crippen LogP contribution in [0.15, 0.2) is 54.6 Å². The Balaban J connectivity index is 1.84. The molecule has 0 saturated carbocycles. The highest BCUT2D eigenvalue weighted by molar-refractivity contribution is 5.84. The highest BCUT2D eigenvalue weighted by atomic mass is 16.5. The number of benzene rings is 2. The molecule has 21 heavy (non-hydrogen) atoms. The van der Waals surface area contributed by atoms with E-state index in [2.05, 4.69) is 10.6 Å². The van der Waals surface area contributed by atoms with Gasteiger partial charge < -0.3 is 15.4 Å². The van der Waals surface area contributed by atoms with Crippen LogP contribution in [-0.4, -0.2) is 19.1 Å². The second-order valence-corrected chi connectivity index (χ2v) is 4.80. The van der Waals surface area contributed by atoms with Crippen molar-refractivity contribution in [2.75, 3.05) is 12.4 Å². The molecular weight excluding hydrogens is 264 g/mol. The molecule has 0 aromatic heterocycles. The number of carbonyl (C=O) groups excluding carboxylic acids is 1. The van der Waals surface area contributed by atoms with Gasteiger partial charge in [0.15, 0.2) is 0 Å². The van der Waals surface area contributed by atoms with Gasteiger partial charge in [0.1, 0.15) is 11.8 Å². The molecular formula is C17H20N2O2. The summed E-state index contributed by atoms with van der Waals surface area (Å²) in [5.41, 5.74) is 1.97. The smallest absolute Gasteiger partial charge is 0.242 e. The molecule has 0 unspecified atom stereocenters. The Morgan fingerprint density at radius 1 is 1.10 bits per heavy atom. The Kier molecular flexibility index (Phi) is 5.21. The summed E-state index contributed by atoms with van der Waals surface area (Å²) in [6.07, 6.45) is 0. The first kappa shape index (κ1) is 14.9. The third-order valence-electron chi connectivity index (χ3n) is 3.18. The highest BCUT2D eigenvalue weighted by Gasteiger charge is 2.11. The summed E-state index contributed by atoms with van der Waals surface area (Å²) in [4.78, 5) is 12.0. The van der Waals surface area contributed by atoms with Gasteiger partial charge in [0.25, 0.3) is 0 Å². The summed E-state index contributed by atoms with van der Waals surface area (Å²) < 4.78 is 5.10. The average Bonchev–Trinajstić information content (AvgIpc) is 2.54. The van der Waals surface area contributed by atoms with Gasteiger partial charge in [-0.2, -0.15) is 0 Å². The molecule has 1 amide bonds. The van der Waals surface area contributed by atoms with E-state index in [1.54, 1.807) is 7.11 Å². The van der Waals surface area contributed by atoms with Crippen LogP contribution in [0.3, 0.4) is 0 Å². The number of nitrogens with one attached hydrogen (secondary N) is 2. The van der Waals surface area contributed by atoms with E-state index in [0.29, 0.717) is 6.54 Å². The zero-order valence-electron chi connectivity index (χ0n) is 12.3. The fourth-order valence-electron chi connectivity index (χ4n) is 1.94. The number of methoxy groups -OCH3 is 1. The Bertz CT molecular complexity index is 567. The van der Waals surface area contributed by atoms with Gasteiger partial charge >= 0.3 is 0 Å². The molecule has 4 nitrogen and oxygen atoms in total. The molecule has 2 aromatic rings. The van der Waals surface area contributed by atoms with Crippen molar-refractivity contribution < 1.29 is 9.53 Å². The van der Waals surface area contributed by atoms with E-state index in [1.807, 2.05) is 61.5 Å². The molecule has 1 atom stereocenters. The van der Waals surface area contributed by atoms with E-state index in [9.17, 15) is 4.79 Å². The molecule has 4 heteroatoms. The molecule has 0 spiro atoms. The first-order valence-corrected chi connectivity index (χ1v) is 6.91. The number of rotatable bonds is 6. The molecule has 0 aliphatic carbocycles. The van der Waals surface area contributed by atoms with Crippen molar-refractivity contribution in [3.63, 3.8) is 0 Å². The van der Waals surface area contributed by atoms with Crippen LogP contribution >= 0.6 is 0 Å². The first-order chi connectivity index (χ1) is 10.2. The lowest BCUT2D eigenvalue weighted by atomic mass is 10.2. The highest BCUT2D eigenvalue weighted by Crippen LogP contribution is 2.15. The maximum atomic E-state index is 12.0. The van der Waals surface area contributed by atoms with Crippen molar-refractivity contribution in [3.05, 3.63) is 60.2 Å². The van der Waals surface area contributed by atoms with Crippen LogP contribution in [0.4, 0.5) is 5.69 Å². The standard InChI is InChI=1S/C17H20N2O2/c1-13(19-15-8-10-16(21-2)11-9-15)17(20)18-12-14-6-4-3-5-7-14/h3-11,13,19H,12H2,1-2H3,(H,18,20)/t13-/m1/s1. The lowest BCUT2D eigenvalue weighted by molar-refractivity contribution is -0.121. The molecule has 0 aliphatic rings. The van der Waals surface area contributed by atoms with Gasteiger partial charge in [0.05, 0.1) is 7.11 Å². The fourth-order valence-corrected chi connectivity index (χ4v) is 1.94. The average molecular weight is 284 g/mol. The predicted octanol–water partition coefficient (Wildman–Crippen LogP) is 2.81. The molecule has 0 aliphatic heterocycles. The summed E-state index contributed by atoms with van der Waals surface area (Å²) in [6, 6.07) is 17.0. The molecule has 2 rings (SSSR count). The number of carbonyl (C=O) groups is 1. The van der Waals surface area contributed by atoms with E-state index in [0.717, 1.165) is 17.0 Å². The summed E-state index contributed by atoms with van der Waals surface area (Å²) in [6.45, 7) is 2.37. The van der Waals surface area contributed by atoms with Gasteiger partial charge in [-0.05, 0) is 36.8 Å². The van der Waals surface area contributed by atoms with Crippen LogP contribution in [0.25, 0.3) is 0 Å². The Labute approximate surface area is 125 Å². The van der Waals surface area contributed by atoms with E-state index >= 15 is 0 Å². The van der Waals surface area contributed by atoms with Crippen LogP contribution in [0.5, 0.6) is 5.75 Å². The summed E-state index contributed by atoms with van der Waals surface area (Å²) >= 11 is 0. The maximum absolute atomic E-state index is 12.0. The number of hydrogen-bond acceptors (Lipinski definition) is 3. The van der Waals surface area contributed by atoms with E-state index in [1.165, 1.54) is 0 Å². The zero-order chi connectivity index (χ0) is 15.1. The minimum absolute atomic E-state index is 0.0327. The monoisotopic (exact) mass is 284 g/mol. The van der Waals surface area contributed by atoms with E-state index < -0.39 is 0 Å². The van der Waals surface area contributed by atoms with Crippen molar-refractivity contribution in [1.29, 1.82) is 0 Å². The topological polar surface area (TPSA) is 50.4 Å². The first-order valence-electron chi connectivity index (χ1n) is 6.91. The minimum atomic E-state index is -0.304. The third kappa shape index (κ3) is 4.53. The summed E-state index contributed by atoms with van der Waals surface area (Å²) in [5.74, 6) is 0.761. The second kappa shape index (κ2) is 7.33. The van der Waals surface area contributed by atoms with Crippen molar-refractivity contribution in [3.8, 4) is 5.75 Å². The largest absolute Gasteiger partial charge is 0.497 e. The van der Waals surface area contributed by atoms with E-state index in [-0.39, 0.29) is 11.9 Å². The SMILES string of the molecule is COc1ccc(N[C@H](C)C(=O)NCc2ccccc2)cc1. The van der Waals surface area contributed by atoms with Gasteiger partial charge in [0.2, 0.25) is 5.91 Å². The zero-order valence-corrected chi connectivity index (χ0v) is 12.3. The van der Waals surface area contributed by atoms with Crippen LogP contribution < -0.4 is 15.4 Å². The van der Waals surface area contributed by atoms with Gasteiger partial charge in [-0.3, -0.25) is 4.79 Å². The fraction of sp³-hybridized carbons (Fsp3) is 0.235. The summed E-state index contributed by atoms with van der Waals surface area (Å²) in [5, 5.41) is 6.08. The van der Waals surface area contributed by atoms with E-state index in [4.69, 9.17) is 4.74 Å². The van der Waals surface area contributed by atoms with Crippen molar-refractivity contribution in [2.24, 2.45) is 0 Å². The minimum Gasteiger partial charge on any atom is -0.497 e. The number of anilines is 1. The number of amides is 1. The van der Waals surface area contributed by atoms with Crippen LogP contribution in [0.2, 0.25) is 0 Å². The Hall–Kier alpha value is -2.49. The normalized spacial score (nSPS) is 11.5. The quantitative estimate of drug-likeness (QED) is 0.857. The lowest BCUT2D eigenvalue weighted by Gasteiger charge is -2.15. The van der Waals surface area contributed by atoms with Gasteiger partial charge in [-0.15, -0.1) is 0 Å². The molecule has 0 radical (unpaired) electrons. The third-order valence-corrected chi connectivity index (χ3v) is 3.18. The van der Waals surface area contributed by atoms with Crippen LogP contribution in [0, 0.1) is 0 Å². The number of hydrogen-bond donors (Lipinski definition) is 2. The van der Waals surface area contributed by atoms with Crippen LogP contribution in [-0.2, 0) is 11.3 Å². The maximum Gasteiger partial charge on any atom is 0.242 e. The van der Waals surface area contributed by atoms with Gasteiger partial charge in [-0.25, -0.2) is 0 Å². The predicted molar refractivity (Wildman–Crippen MR) is 84.4 cm³/mol. The van der Waals surface area contributed by atoms with Crippen molar-refractivity contribution >= 4 is 11.6 Å². The molecule has 2 N–H and O–H groups in total. The molecule has 0 saturated heterocycles. The van der Waals surface area contributed by atoms with Crippen LogP contribution in [0.1, 0.15) is 12.5 Å². The molecule has 110 valence electrons. The molecule has 2 aromatic carbocycles. The van der Waals surface area contributed by atoms with Crippen molar-refractivity contribution in [1.82, 2.24) is 5.32 Å². The lowest BCUT2D eigenvalue weighted by Crippen LogP contribution is -2.37. The summed E-state index contributed by atoms with van der Waals surface area (Å²) in [7, 11) is 1.63. The Morgan fingerprint density at radius 2 is 1.76 bits per heavy atom. The van der Waals surface area contributed by atoms with Gasteiger partial charge in [-0.1, -0.05) is 30.3 Å². The Morgan fingerprint density at radius 3 is 2.38 bits per heavy atom. The van der Waals surface area contributed by atoms with Gasteiger partial charge in [0, 0.05) is 12.2 Å².